The van der Waals surface area contributed by atoms with Crippen molar-refractivity contribution in [2.45, 2.75) is 18.7 Å². The number of imidazole rings is 1. The van der Waals surface area contributed by atoms with Gasteiger partial charge in [-0.3, -0.25) is 10.3 Å². The average molecular weight is 562 g/mol. The van der Waals surface area contributed by atoms with Gasteiger partial charge in [0.2, 0.25) is 11.7 Å². The molecule has 2 aromatic heterocycles. The first-order valence-corrected chi connectivity index (χ1v) is 12.3. The van der Waals surface area contributed by atoms with Gasteiger partial charge >= 0.3 is 6.18 Å². The molecular weight excluding hydrogens is 537 g/mol. The number of aryl methyl sites for hydroxylation is 1. The lowest BCUT2D eigenvalue weighted by molar-refractivity contribution is -0.528. The summed E-state index contributed by atoms with van der Waals surface area (Å²) in [5.74, 6) is 0.711. The number of likely N-dealkylation sites (tertiary alicyclic amines) is 1. The van der Waals surface area contributed by atoms with Crippen LogP contribution in [-0.4, -0.2) is 58.1 Å². The van der Waals surface area contributed by atoms with Gasteiger partial charge in [0.1, 0.15) is 28.6 Å². The number of benzene rings is 1. The number of nitrogens with two attached hydrogens (primary N) is 1. The standard InChI is InChI=1S/C25H24ClF3N8O2/c1-36-6-3-16(13-36)38-17-8-14(25(27,28)29)7-15(9-17)34-24-35-23-22(37(24)2)21(26)20(12-33-23)39-19(10-30)18-11-31-4-5-32-18/h4-5,7-12,16,30,32H,3,6,13H2,1-2H3,(H,33,34,35)/p+1/b19-18+,30-10?/t16-/m1/s1. The highest BCUT2D eigenvalue weighted by atomic mass is 35.5. The summed E-state index contributed by atoms with van der Waals surface area (Å²) in [6.45, 7) is 1.45. The number of fused-ring (bicyclic) bond motifs is 1. The molecular formula is C25H25ClF3N8O2+. The van der Waals surface area contributed by atoms with Crippen molar-refractivity contribution in [3.63, 3.8) is 0 Å². The largest absolute Gasteiger partial charge is 0.489 e. The van der Waals surface area contributed by atoms with E-state index in [1.54, 1.807) is 35.5 Å². The van der Waals surface area contributed by atoms with E-state index in [0.717, 1.165) is 31.3 Å². The predicted octanol–water partition coefficient (Wildman–Crippen LogP) is 3.83. The molecule has 14 heteroatoms. The van der Waals surface area contributed by atoms with Crippen LogP contribution in [0.3, 0.4) is 0 Å². The monoisotopic (exact) mass is 561 g/mol. The van der Waals surface area contributed by atoms with Crippen LogP contribution in [0.5, 0.6) is 11.5 Å². The highest BCUT2D eigenvalue weighted by Crippen LogP contribution is 2.37. The number of halogens is 4. The number of hydrogen-bond donors (Lipinski definition) is 3. The fourth-order valence-corrected chi connectivity index (χ4v) is 4.61. The highest BCUT2D eigenvalue weighted by Gasteiger charge is 2.32. The SMILES string of the molecule is CN1CC[C@@H](Oc2cc(Nc3nc4ncc(O/C(C=N)=C5\C=NC=C[NH2+]5)c(Cl)c4n3C)cc(C(F)(F)F)c2)C1. The Morgan fingerprint density at radius 3 is 2.77 bits per heavy atom. The summed E-state index contributed by atoms with van der Waals surface area (Å²) in [6.07, 6.45) is 3.22. The van der Waals surface area contributed by atoms with Crippen molar-refractivity contribution >= 4 is 46.8 Å². The first-order chi connectivity index (χ1) is 18.6. The number of hydrogen-bond acceptors (Lipinski definition) is 8. The lowest BCUT2D eigenvalue weighted by atomic mass is 10.1. The third-order valence-electron chi connectivity index (χ3n) is 6.24. The van der Waals surface area contributed by atoms with Gasteiger partial charge in [0.15, 0.2) is 17.1 Å². The Morgan fingerprint density at radius 2 is 2.10 bits per heavy atom. The minimum atomic E-state index is -4.57. The summed E-state index contributed by atoms with van der Waals surface area (Å²) in [6, 6.07) is 3.51. The molecule has 5 rings (SSSR count). The quantitative estimate of drug-likeness (QED) is 0.298. The number of nitrogens with one attached hydrogen (secondary N) is 2. The average Bonchev–Trinajstić information content (AvgIpc) is 3.45. The zero-order chi connectivity index (χ0) is 27.7. The summed E-state index contributed by atoms with van der Waals surface area (Å²) in [4.78, 5) is 14.8. The smallest absolute Gasteiger partial charge is 0.416 e. The van der Waals surface area contributed by atoms with Gasteiger partial charge in [0, 0.05) is 31.9 Å². The second-order valence-electron chi connectivity index (χ2n) is 9.12. The Balaban J connectivity index is 1.46. The number of anilines is 2. The molecule has 39 heavy (non-hydrogen) atoms. The molecule has 4 N–H and O–H groups in total. The fourth-order valence-electron chi connectivity index (χ4n) is 4.31. The molecule has 1 atom stereocenters. The Labute approximate surface area is 226 Å². The summed E-state index contributed by atoms with van der Waals surface area (Å²) in [5.41, 5.74) is 0.526. The van der Waals surface area contributed by atoms with Crippen LogP contribution in [0.2, 0.25) is 5.02 Å². The maximum Gasteiger partial charge on any atom is 0.416 e. The first kappa shape index (κ1) is 26.7. The van der Waals surface area contributed by atoms with Crippen molar-refractivity contribution in [3.8, 4) is 11.5 Å². The lowest BCUT2D eigenvalue weighted by Crippen LogP contribution is -2.77. The van der Waals surface area contributed by atoms with E-state index in [-0.39, 0.29) is 45.7 Å². The topological polar surface area (TPSA) is 117 Å². The molecule has 0 bridgehead atoms. The van der Waals surface area contributed by atoms with Gasteiger partial charge in [-0.15, -0.1) is 0 Å². The van der Waals surface area contributed by atoms with Gasteiger partial charge in [-0.1, -0.05) is 11.6 Å². The Kier molecular flexibility index (Phi) is 7.30. The van der Waals surface area contributed by atoms with E-state index < -0.39 is 11.7 Å². The number of nitrogens with zero attached hydrogens (tertiary/aromatic N) is 5. The van der Waals surface area contributed by atoms with Crippen LogP contribution in [0.25, 0.3) is 11.2 Å². The van der Waals surface area contributed by atoms with Gasteiger partial charge in [-0.05, 0) is 25.6 Å². The van der Waals surface area contributed by atoms with Crippen LogP contribution in [-0.2, 0) is 13.2 Å². The van der Waals surface area contributed by atoms with Gasteiger partial charge < -0.3 is 29.7 Å². The summed E-state index contributed by atoms with van der Waals surface area (Å²) < 4.78 is 54.4. The molecule has 1 saturated heterocycles. The normalized spacial score (nSPS) is 19.0. The summed E-state index contributed by atoms with van der Waals surface area (Å²) in [7, 11) is 3.59. The molecule has 2 aliphatic heterocycles. The van der Waals surface area contributed by atoms with E-state index in [2.05, 4.69) is 25.2 Å². The molecule has 0 saturated carbocycles. The second kappa shape index (κ2) is 10.7. The van der Waals surface area contributed by atoms with Crippen molar-refractivity contribution in [1.82, 2.24) is 19.4 Å². The van der Waals surface area contributed by atoms with Crippen LogP contribution < -0.4 is 20.1 Å². The maximum absolute atomic E-state index is 13.7. The van der Waals surface area contributed by atoms with Gasteiger partial charge in [0.05, 0.1) is 30.4 Å². The van der Waals surface area contributed by atoms with Crippen molar-refractivity contribution < 1.29 is 28.0 Å². The van der Waals surface area contributed by atoms with Crippen LogP contribution in [0.4, 0.5) is 24.8 Å². The molecule has 204 valence electrons. The number of ether oxygens (including phenoxy) is 2. The van der Waals surface area contributed by atoms with Crippen LogP contribution in [0, 0.1) is 5.41 Å². The van der Waals surface area contributed by atoms with Crippen molar-refractivity contribution in [2.75, 3.05) is 25.5 Å². The lowest BCUT2D eigenvalue weighted by Gasteiger charge is -2.17. The molecule has 3 aromatic rings. The van der Waals surface area contributed by atoms with E-state index >= 15 is 0 Å². The van der Waals surface area contributed by atoms with E-state index in [1.807, 2.05) is 7.05 Å². The number of likely N-dealkylation sites (N-methyl/N-ethyl adjacent to an activating group) is 1. The van der Waals surface area contributed by atoms with Gasteiger partial charge in [-0.25, -0.2) is 4.98 Å². The molecule has 1 aromatic carbocycles. The molecule has 0 radical (unpaired) electrons. The highest BCUT2D eigenvalue weighted by molar-refractivity contribution is 6.36. The number of pyridine rings is 1. The number of allylic oxidation sites excluding steroid dienone is 2. The summed E-state index contributed by atoms with van der Waals surface area (Å²) in [5, 5.41) is 12.6. The van der Waals surface area contributed by atoms with Crippen molar-refractivity contribution in [1.29, 1.82) is 5.41 Å². The van der Waals surface area contributed by atoms with E-state index in [1.165, 1.54) is 12.3 Å². The van der Waals surface area contributed by atoms with Crippen LogP contribution in [0.1, 0.15) is 12.0 Å². The third kappa shape index (κ3) is 5.75. The van der Waals surface area contributed by atoms with Gasteiger partial charge in [-0.2, -0.15) is 18.2 Å². The molecule has 0 aliphatic carbocycles. The molecule has 4 heterocycles. The predicted molar refractivity (Wildman–Crippen MR) is 141 cm³/mol. The number of rotatable bonds is 7. The number of quaternary nitrogens is 1. The molecule has 0 spiro atoms. The van der Waals surface area contributed by atoms with Gasteiger partial charge in [0.25, 0.3) is 0 Å². The second-order valence-corrected chi connectivity index (χ2v) is 9.49. The molecule has 2 aliphatic rings. The number of aromatic nitrogens is 3. The number of alkyl halides is 3. The van der Waals surface area contributed by atoms with E-state index in [9.17, 15) is 13.2 Å². The fraction of sp³-hybridized carbons (Fsp3) is 0.280. The minimum absolute atomic E-state index is 0.114. The molecule has 0 amide bonds. The van der Waals surface area contributed by atoms with Crippen molar-refractivity contribution in [2.24, 2.45) is 12.0 Å². The Hall–Kier alpha value is -3.94. The minimum Gasteiger partial charge on any atom is -0.489 e. The number of aliphatic imine (C=N–C) groups is 1. The molecule has 0 unspecified atom stereocenters. The van der Waals surface area contributed by atoms with Crippen LogP contribution in [0.15, 0.2) is 53.2 Å². The Bertz CT molecular complexity index is 1520. The zero-order valence-corrected chi connectivity index (χ0v) is 21.7. The van der Waals surface area contributed by atoms with Crippen LogP contribution >= 0.6 is 11.6 Å². The zero-order valence-electron chi connectivity index (χ0n) is 21.0. The third-order valence-corrected chi connectivity index (χ3v) is 6.61. The molecule has 1 fully saturated rings. The van der Waals surface area contributed by atoms with Crippen molar-refractivity contribution in [3.05, 3.63) is 58.8 Å². The van der Waals surface area contributed by atoms with E-state index in [4.69, 9.17) is 26.5 Å². The first-order valence-electron chi connectivity index (χ1n) is 11.9. The maximum atomic E-state index is 13.7. The Morgan fingerprint density at radius 1 is 1.28 bits per heavy atom. The molecule has 10 nitrogen and oxygen atoms in total. The van der Waals surface area contributed by atoms with E-state index in [0.29, 0.717) is 17.8 Å². The summed E-state index contributed by atoms with van der Waals surface area (Å²) >= 11 is 6.64.